The highest BCUT2D eigenvalue weighted by Gasteiger charge is 2.15. The van der Waals surface area contributed by atoms with Crippen LogP contribution in [0.5, 0.6) is 11.5 Å². The summed E-state index contributed by atoms with van der Waals surface area (Å²) in [6.07, 6.45) is 2.01. The summed E-state index contributed by atoms with van der Waals surface area (Å²) in [5.41, 5.74) is 8.69. The van der Waals surface area contributed by atoms with Crippen LogP contribution in [0.2, 0.25) is 0 Å². The van der Waals surface area contributed by atoms with Gasteiger partial charge in [-0.3, -0.25) is 0 Å². The predicted molar refractivity (Wildman–Crippen MR) is 121 cm³/mol. The lowest BCUT2D eigenvalue weighted by Gasteiger charge is -2.10. The molecular weight excluding hydrogens is 420 g/mol. The summed E-state index contributed by atoms with van der Waals surface area (Å²) in [6, 6.07) is 7.50. The van der Waals surface area contributed by atoms with Gasteiger partial charge in [0, 0.05) is 28.0 Å². The minimum atomic E-state index is -0.0573. The lowest BCUT2D eigenvalue weighted by Crippen LogP contribution is -2.03. The molecule has 0 saturated carbocycles. The highest BCUT2D eigenvalue weighted by Crippen LogP contribution is 2.36. The van der Waals surface area contributed by atoms with E-state index in [1.54, 1.807) is 36.3 Å². The zero-order valence-corrected chi connectivity index (χ0v) is 19.0. The van der Waals surface area contributed by atoms with Crippen LogP contribution in [0.15, 0.2) is 29.4 Å². The molecule has 0 aliphatic carbocycles. The van der Waals surface area contributed by atoms with Crippen LogP contribution in [0.4, 0.5) is 5.82 Å². The second-order valence-corrected chi connectivity index (χ2v) is 8.61. The molecule has 2 aromatic heterocycles. The van der Waals surface area contributed by atoms with Gasteiger partial charge in [0.15, 0.2) is 16.7 Å². The Labute approximate surface area is 184 Å². The third-order valence-electron chi connectivity index (χ3n) is 4.21. The molecule has 2 heterocycles. The number of thioether (sulfide) groups is 1. The standard InChI is InChI=1S/C21H26N4O3S2/c1-4-5-18-15(12-29-21-23-13(2)10-19(22)25-21)24-20(30-18)14-6-7-16(27-3)17(11-14)28-9-8-26/h6-7,10-11,26H,4-5,8-9,12H2,1-3H3,(H2,22,23,25). The first-order valence-corrected chi connectivity index (χ1v) is 11.5. The van der Waals surface area contributed by atoms with Crippen LogP contribution in [0.3, 0.4) is 0 Å². The molecule has 30 heavy (non-hydrogen) atoms. The molecule has 0 amide bonds. The number of hydrogen-bond donors (Lipinski definition) is 2. The Bertz CT molecular complexity index is 974. The fourth-order valence-corrected chi connectivity index (χ4v) is 5.03. The zero-order valence-electron chi connectivity index (χ0n) is 17.3. The van der Waals surface area contributed by atoms with Crippen molar-refractivity contribution in [1.29, 1.82) is 0 Å². The van der Waals surface area contributed by atoms with Crippen LogP contribution < -0.4 is 15.2 Å². The number of aryl methyl sites for hydroxylation is 2. The number of hydrogen-bond acceptors (Lipinski definition) is 9. The van der Waals surface area contributed by atoms with Gasteiger partial charge >= 0.3 is 0 Å². The van der Waals surface area contributed by atoms with Crippen molar-refractivity contribution in [2.24, 2.45) is 0 Å². The molecule has 0 fully saturated rings. The molecule has 0 unspecified atom stereocenters. The molecule has 0 atom stereocenters. The van der Waals surface area contributed by atoms with E-state index in [-0.39, 0.29) is 13.2 Å². The molecular formula is C21H26N4O3S2. The topological polar surface area (TPSA) is 103 Å². The van der Waals surface area contributed by atoms with Gasteiger partial charge in [-0.1, -0.05) is 25.1 Å². The highest BCUT2D eigenvalue weighted by atomic mass is 32.2. The maximum atomic E-state index is 9.07. The number of anilines is 1. The second-order valence-electron chi connectivity index (χ2n) is 6.58. The van der Waals surface area contributed by atoms with Gasteiger partial charge in [-0.2, -0.15) is 0 Å². The molecule has 0 aliphatic rings. The van der Waals surface area contributed by atoms with Crippen LogP contribution in [0.25, 0.3) is 10.6 Å². The monoisotopic (exact) mass is 446 g/mol. The zero-order chi connectivity index (χ0) is 21.5. The second kappa shape index (κ2) is 10.6. The molecule has 0 saturated heterocycles. The van der Waals surface area contributed by atoms with Gasteiger partial charge < -0.3 is 20.3 Å². The summed E-state index contributed by atoms with van der Waals surface area (Å²) < 4.78 is 11.0. The Morgan fingerprint density at radius 1 is 1.17 bits per heavy atom. The first-order valence-electron chi connectivity index (χ1n) is 9.68. The van der Waals surface area contributed by atoms with Crippen molar-refractivity contribution in [3.05, 3.63) is 40.5 Å². The van der Waals surface area contributed by atoms with Crippen molar-refractivity contribution < 1.29 is 14.6 Å². The minimum Gasteiger partial charge on any atom is -0.493 e. The maximum absolute atomic E-state index is 9.07. The van der Waals surface area contributed by atoms with Crippen molar-refractivity contribution in [2.75, 3.05) is 26.1 Å². The number of nitrogens with two attached hydrogens (primary N) is 1. The number of benzene rings is 1. The fourth-order valence-electron chi connectivity index (χ4n) is 2.88. The van der Waals surface area contributed by atoms with Gasteiger partial charge in [-0.15, -0.1) is 11.3 Å². The van der Waals surface area contributed by atoms with Gasteiger partial charge in [-0.25, -0.2) is 15.0 Å². The molecule has 0 bridgehead atoms. The van der Waals surface area contributed by atoms with Gasteiger partial charge in [0.25, 0.3) is 0 Å². The molecule has 1 aromatic carbocycles. The van der Waals surface area contributed by atoms with E-state index < -0.39 is 0 Å². The molecule has 3 N–H and O–H groups in total. The smallest absolute Gasteiger partial charge is 0.190 e. The molecule has 0 radical (unpaired) electrons. The number of aliphatic hydroxyl groups is 1. The van der Waals surface area contributed by atoms with Crippen molar-refractivity contribution in [3.8, 4) is 22.1 Å². The van der Waals surface area contributed by atoms with Crippen LogP contribution in [0.1, 0.15) is 29.6 Å². The summed E-state index contributed by atoms with van der Waals surface area (Å²) in [5, 5.41) is 10.7. The summed E-state index contributed by atoms with van der Waals surface area (Å²) in [4.78, 5) is 14.9. The largest absolute Gasteiger partial charge is 0.493 e. The fraction of sp³-hybridized carbons (Fsp3) is 0.381. The first kappa shape index (κ1) is 22.3. The van der Waals surface area contributed by atoms with E-state index in [2.05, 4.69) is 16.9 Å². The molecule has 7 nitrogen and oxygen atoms in total. The van der Waals surface area contributed by atoms with E-state index >= 15 is 0 Å². The van der Waals surface area contributed by atoms with Crippen LogP contribution in [-0.4, -0.2) is 40.4 Å². The number of ether oxygens (including phenoxy) is 2. The van der Waals surface area contributed by atoms with Crippen LogP contribution in [0, 0.1) is 6.92 Å². The molecule has 160 valence electrons. The third-order valence-corrected chi connectivity index (χ3v) is 6.27. The number of aromatic nitrogens is 3. The van der Waals surface area contributed by atoms with Gasteiger partial charge in [-0.05, 0) is 31.5 Å². The summed E-state index contributed by atoms with van der Waals surface area (Å²) >= 11 is 3.23. The van der Waals surface area contributed by atoms with E-state index in [0.717, 1.165) is 34.8 Å². The highest BCUT2D eigenvalue weighted by molar-refractivity contribution is 7.98. The van der Waals surface area contributed by atoms with Crippen molar-refractivity contribution in [1.82, 2.24) is 15.0 Å². The average molecular weight is 447 g/mol. The molecule has 3 aromatic rings. The molecule has 9 heteroatoms. The number of thiazole rings is 1. The summed E-state index contributed by atoms with van der Waals surface area (Å²) in [7, 11) is 1.60. The van der Waals surface area contributed by atoms with Crippen molar-refractivity contribution in [3.63, 3.8) is 0 Å². The average Bonchev–Trinajstić information content (AvgIpc) is 3.13. The number of nitrogen functional groups attached to an aromatic ring is 1. The maximum Gasteiger partial charge on any atom is 0.190 e. The number of aliphatic hydroxyl groups excluding tert-OH is 1. The molecule has 0 aliphatic heterocycles. The molecule has 3 rings (SSSR count). The lowest BCUT2D eigenvalue weighted by atomic mass is 10.2. The van der Waals surface area contributed by atoms with E-state index in [1.165, 1.54) is 4.88 Å². The first-order chi connectivity index (χ1) is 14.5. The van der Waals surface area contributed by atoms with Crippen LogP contribution >= 0.6 is 23.1 Å². The summed E-state index contributed by atoms with van der Waals surface area (Å²) in [5.74, 6) is 2.38. The third kappa shape index (κ3) is 5.62. The SMILES string of the molecule is CCCc1sc(-c2ccc(OC)c(OCCO)c2)nc1CSc1nc(C)cc(N)n1. The van der Waals surface area contributed by atoms with E-state index in [4.69, 9.17) is 25.3 Å². The number of methoxy groups -OCH3 is 1. The van der Waals surface area contributed by atoms with Gasteiger partial charge in [0.2, 0.25) is 0 Å². The van der Waals surface area contributed by atoms with Crippen molar-refractivity contribution in [2.45, 2.75) is 37.6 Å². The lowest BCUT2D eigenvalue weighted by molar-refractivity contribution is 0.196. The Hall–Kier alpha value is -2.36. The Morgan fingerprint density at radius 2 is 2.00 bits per heavy atom. The quantitative estimate of drug-likeness (QED) is 0.354. The Morgan fingerprint density at radius 3 is 2.70 bits per heavy atom. The van der Waals surface area contributed by atoms with E-state index in [0.29, 0.717) is 28.2 Å². The minimum absolute atomic E-state index is 0.0573. The predicted octanol–water partition coefficient (Wildman–Crippen LogP) is 4.12. The van der Waals surface area contributed by atoms with Crippen molar-refractivity contribution >= 4 is 28.9 Å². The van der Waals surface area contributed by atoms with E-state index in [1.807, 2.05) is 25.1 Å². The van der Waals surface area contributed by atoms with Gasteiger partial charge in [0.1, 0.15) is 17.4 Å². The van der Waals surface area contributed by atoms with E-state index in [9.17, 15) is 0 Å². The number of rotatable bonds is 10. The molecule has 0 spiro atoms. The Kier molecular flexibility index (Phi) is 7.89. The van der Waals surface area contributed by atoms with Gasteiger partial charge in [0.05, 0.1) is 19.4 Å². The van der Waals surface area contributed by atoms with Crippen LogP contribution in [-0.2, 0) is 12.2 Å². The summed E-state index contributed by atoms with van der Waals surface area (Å²) in [6.45, 7) is 4.22. The normalized spacial score (nSPS) is 10.9. The number of nitrogens with zero attached hydrogens (tertiary/aromatic N) is 3. The Balaban J connectivity index is 1.86.